The van der Waals surface area contributed by atoms with Gasteiger partial charge in [0.2, 0.25) is 0 Å². The maximum absolute atomic E-state index is 14.5. The number of hydrogen-bond donors (Lipinski definition) is 5. The SMILES string of the molecule is CC1(c2nc(N)ccc2F)CS2(O)NCCCCC2(C)C(NC(=O)O)=N1. The van der Waals surface area contributed by atoms with Gasteiger partial charge in [-0.1, -0.05) is 16.9 Å². The van der Waals surface area contributed by atoms with Crippen molar-refractivity contribution in [3.63, 3.8) is 0 Å². The molecule has 26 heavy (non-hydrogen) atoms. The molecular formula is C16H24FN5O3S. The number of nitrogens with zero attached hydrogens (tertiary/aromatic N) is 2. The van der Waals surface area contributed by atoms with Crippen LogP contribution in [0, 0.1) is 5.82 Å². The van der Waals surface area contributed by atoms with Crippen molar-refractivity contribution in [3.05, 3.63) is 23.6 Å². The van der Waals surface area contributed by atoms with Gasteiger partial charge in [-0.05, 0) is 38.8 Å². The Bertz CT molecular complexity index is 778. The van der Waals surface area contributed by atoms with Crippen LogP contribution in [0.1, 0.15) is 38.8 Å². The van der Waals surface area contributed by atoms with Gasteiger partial charge in [-0.15, -0.1) is 0 Å². The van der Waals surface area contributed by atoms with Gasteiger partial charge in [0, 0.05) is 12.3 Å². The molecule has 2 aliphatic rings. The molecule has 1 saturated heterocycles. The third kappa shape index (κ3) is 3.01. The second kappa shape index (κ2) is 6.36. The third-order valence-corrected chi connectivity index (χ3v) is 8.67. The van der Waals surface area contributed by atoms with E-state index in [2.05, 4.69) is 20.0 Å². The highest BCUT2D eigenvalue weighted by Crippen LogP contribution is 2.62. The van der Waals surface area contributed by atoms with Crippen LogP contribution >= 0.6 is 10.5 Å². The highest BCUT2D eigenvalue weighted by molar-refractivity contribution is 8.29. The summed E-state index contributed by atoms with van der Waals surface area (Å²) in [6, 6.07) is 2.55. The molecule has 3 unspecified atom stereocenters. The second-order valence-electron chi connectivity index (χ2n) is 7.16. The van der Waals surface area contributed by atoms with E-state index >= 15 is 0 Å². The normalized spacial score (nSPS) is 36.8. The summed E-state index contributed by atoms with van der Waals surface area (Å²) in [5.74, 6) is -0.210. The number of rotatable bonds is 1. The number of nitrogens with one attached hydrogen (secondary N) is 2. The van der Waals surface area contributed by atoms with E-state index in [1.54, 1.807) is 13.8 Å². The van der Waals surface area contributed by atoms with E-state index < -0.39 is 32.7 Å². The van der Waals surface area contributed by atoms with E-state index in [0.29, 0.717) is 13.0 Å². The minimum atomic E-state index is -2.55. The number of amidine groups is 1. The first-order chi connectivity index (χ1) is 12.1. The van der Waals surface area contributed by atoms with E-state index in [1.807, 2.05) is 0 Å². The molecule has 1 aromatic heterocycles. The summed E-state index contributed by atoms with van der Waals surface area (Å²) < 4.78 is 28.4. The van der Waals surface area contributed by atoms with Gasteiger partial charge < -0.3 is 15.4 Å². The maximum atomic E-state index is 14.5. The summed E-state index contributed by atoms with van der Waals surface area (Å²) in [4.78, 5) is 20.0. The van der Waals surface area contributed by atoms with E-state index in [4.69, 9.17) is 5.73 Å². The molecule has 3 atom stereocenters. The molecule has 1 aromatic rings. The first-order valence-electron chi connectivity index (χ1n) is 8.40. The van der Waals surface area contributed by atoms with Gasteiger partial charge >= 0.3 is 6.09 Å². The van der Waals surface area contributed by atoms with Crippen LogP contribution in [0.25, 0.3) is 0 Å². The fraction of sp³-hybridized carbons (Fsp3) is 0.562. The van der Waals surface area contributed by atoms with Gasteiger partial charge in [0.25, 0.3) is 0 Å². The monoisotopic (exact) mass is 385 g/mol. The summed E-state index contributed by atoms with van der Waals surface area (Å²) >= 11 is 0. The number of nitrogen functional groups attached to an aromatic ring is 1. The molecule has 0 aliphatic carbocycles. The van der Waals surface area contributed by atoms with Gasteiger partial charge in [0.15, 0.2) is 0 Å². The van der Waals surface area contributed by atoms with E-state index in [1.165, 1.54) is 12.1 Å². The molecule has 3 rings (SSSR count). The third-order valence-electron chi connectivity index (χ3n) is 5.12. The van der Waals surface area contributed by atoms with Crippen LogP contribution < -0.4 is 15.8 Å². The number of fused-ring (bicyclic) bond motifs is 1. The van der Waals surface area contributed by atoms with Crippen molar-refractivity contribution in [2.45, 2.75) is 43.4 Å². The van der Waals surface area contributed by atoms with Crippen LogP contribution in [0.15, 0.2) is 17.1 Å². The zero-order valence-corrected chi connectivity index (χ0v) is 15.6. The number of halogens is 1. The molecule has 0 saturated carbocycles. The Morgan fingerprint density at radius 2 is 2.15 bits per heavy atom. The molecule has 0 bridgehead atoms. The summed E-state index contributed by atoms with van der Waals surface area (Å²) in [6.07, 6.45) is 0.975. The molecule has 0 radical (unpaired) electrons. The first-order valence-corrected chi connectivity index (χ1v) is 10.2. The number of nitrogens with two attached hydrogens (primary N) is 1. The fourth-order valence-electron chi connectivity index (χ4n) is 3.67. The average molecular weight is 385 g/mol. The number of aromatic nitrogens is 1. The lowest BCUT2D eigenvalue weighted by atomic mass is 9.96. The van der Waals surface area contributed by atoms with E-state index in [9.17, 15) is 18.8 Å². The highest BCUT2D eigenvalue weighted by Gasteiger charge is 2.56. The topological polar surface area (TPSA) is 133 Å². The van der Waals surface area contributed by atoms with Gasteiger partial charge in [-0.2, -0.15) is 0 Å². The average Bonchev–Trinajstić information content (AvgIpc) is 2.68. The Morgan fingerprint density at radius 1 is 1.42 bits per heavy atom. The molecule has 0 spiro atoms. The summed E-state index contributed by atoms with van der Waals surface area (Å²) in [6.45, 7) is 4.04. The van der Waals surface area contributed by atoms with E-state index in [0.717, 1.165) is 12.8 Å². The largest absolute Gasteiger partial charge is 0.465 e. The number of carboxylic acid groups (broad SMARTS) is 1. The Balaban J connectivity index is 2.20. The Hall–Kier alpha value is -1.91. The quantitative estimate of drug-likeness (QED) is 0.504. The zero-order valence-electron chi connectivity index (χ0n) is 14.8. The van der Waals surface area contributed by atoms with Gasteiger partial charge in [-0.3, -0.25) is 15.0 Å². The minimum Gasteiger partial charge on any atom is -0.465 e. The number of carbonyl (C=O) groups is 1. The predicted octanol–water partition coefficient (Wildman–Crippen LogP) is 2.42. The molecule has 1 amide bonds. The summed E-state index contributed by atoms with van der Waals surface area (Å²) in [7, 11) is -2.55. The fourth-order valence-corrected chi connectivity index (χ4v) is 6.80. The van der Waals surface area contributed by atoms with Crippen molar-refractivity contribution >= 4 is 28.2 Å². The van der Waals surface area contributed by atoms with Gasteiger partial charge in [0.1, 0.15) is 28.7 Å². The van der Waals surface area contributed by atoms with Crippen LogP contribution in [-0.2, 0) is 5.54 Å². The highest BCUT2D eigenvalue weighted by atomic mass is 32.3. The molecule has 144 valence electrons. The second-order valence-corrected chi connectivity index (χ2v) is 10.0. The number of amides is 1. The van der Waals surface area contributed by atoms with Crippen molar-refractivity contribution < 1.29 is 18.8 Å². The van der Waals surface area contributed by atoms with Crippen LogP contribution in [0.2, 0.25) is 0 Å². The standard InChI is InChI=1S/C16H24FN5O3S/c1-15(12-10(17)5-6-11(18)20-12)9-26(25)16(2,7-3-4-8-19-26)13(22-15)21-14(23)24/h5-6,19,25H,3-4,7-9H2,1-2H3,(H2,18,20)(H,21,22)(H,23,24). The maximum Gasteiger partial charge on any atom is 0.410 e. The Morgan fingerprint density at radius 3 is 2.85 bits per heavy atom. The lowest BCUT2D eigenvalue weighted by molar-refractivity contribution is 0.199. The summed E-state index contributed by atoms with van der Waals surface area (Å²) in [5, 5.41) is 11.6. The number of hydrogen-bond acceptors (Lipinski definition) is 6. The lowest BCUT2D eigenvalue weighted by Gasteiger charge is -2.55. The number of anilines is 1. The predicted molar refractivity (Wildman–Crippen MR) is 99.9 cm³/mol. The van der Waals surface area contributed by atoms with Crippen molar-refractivity contribution in [2.75, 3.05) is 18.0 Å². The molecular weight excluding hydrogens is 361 g/mol. The van der Waals surface area contributed by atoms with Crippen molar-refractivity contribution in [1.29, 1.82) is 0 Å². The Labute approximate surface area is 152 Å². The molecule has 10 heteroatoms. The zero-order chi connectivity index (χ0) is 19.2. The lowest BCUT2D eigenvalue weighted by Crippen LogP contribution is -2.59. The van der Waals surface area contributed by atoms with Crippen LogP contribution in [0.4, 0.5) is 15.0 Å². The molecule has 6 N–H and O–H groups in total. The van der Waals surface area contributed by atoms with Crippen LogP contribution in [-0.4, -0.2) is 43.6 Å². The van der Waals surface area contributed by atoms with Crippen LogP contribution in [0.3, 0.4) is 0 Å². The number of aliphatic imine (C=N–C) groups is 1. The summed E-state index contributed by atoms with van der Waals surface area (Å²) in [5.41, 5.74) is 4.46. The first kappa shape index (κ1) is 18.9. The molecule has 3 heterocycles. The minimum absolute atomic E-state index is 0.00351. The smallest absolute Gasteiger partial charge is 0.410 e. The molecule has 0 aromatic carbocycles. The Kier molecular flexibility index (Phi) is 4.62. The van der Waals surface area contributed by atoms with Crippen molar-refractivity contribution in [1.82, 2.24) is 15.0 Å². The van der Waals surface area contributed by atoms with Crippen molar-refractivity contribution in [2.24, 2.45) is 4.99 Å². The molecule has 8 nitrogen and oxygen atoms in total. The van der Waals surface area contributed by atoms with Crippen LogP contribution in [0.5, 0.6) is 0 Å². The van der Waals surface area contributed by atoms with E-state index in [-0.39, 0.29) is 23.1 Å². The molecule has 1 fully saturated rings. The number of pyridine rings is 1. The van der Waals surface area contributed by atoms with Gasteiger partial charge in [-0.25, -0.2) is 14.2 Å². The van der Waals surface area contributed by atoms with Crippen molar-refractivity contribution in [3.8, 4) is 0 Å². The molecule has 2 aliphatic heterocycles. The van der Waals surface area contributed by atoms with Gasteiger partial charge in [0.05, 0.1) is 4.75 Å².